The third-order valence-electron chi connectivity index (χ3n) is 10.6. The highest BCUT2D eigenvalue weighted by Gasteiger charge is 2.37. The van der Waals surface area contributed by atoms with Crippen molar-refractivity contribution in [3.05, 3.63) is 175 Å². The van der Waals surface area contributed by atoms with Gasteiger partial charge in [-0.2, -0.15) is 0 Å². The van der Waals surface area contributed by atoms with Gasteiger partial charge >= 0.3 is 0 Å². The summed E-state index contributed by atoms with van der Waals surface area (Å²) < 4.78 is 2.66. The van der Waals surface area contributed by atoms with Crippen molar-refractivity contribution in [2.45, 2.75) is 19.3 Å². The second-order valence-electron chi connectivity index (χ2n) is 13.8. The first-order chi connectivity index (χ1) is 24.0. The Kier molecular flexibility index (Phi) is 6.16. The van der Waals surface area contributed by atoms with Crippen LogP contribution in [0.1, 0.15) is 25.0 Å². The Morgan fingerprint density at radius 3 is 2.10 bits per heavy atom. The normalized spacial score (nSPS) is 13.3. The summed E-state index contributed by atoms with van der Waals surface area (Å²) in [5.41, 5.74) is 11.3. The lowest BCUT2D eigenvalue weighted by molar-refractivity contribution is 0.660. The van der Waals surface area contributed by atoms with Gasteiger partial charge in [-0.15, -0.1) is 11.3 Å². The van der Waals surface area contributed by atoms with E-state index in [1.54, 1.807) is 0 Å². The maximum atomic E-state index is 2.49. The van der Waals surface area contributed by atoms with Gasteiger partial charge in [0, 0.05) is 42.5 Å². The summed E-state index contributed by atoms with van der Waals surface area (Å²) in [4.78, 5) is 2.49. The molecular formula is C47H33NS. The van der Waals surface area contributed by atoms with E-state index in [4.69, 9.17) is 0 Å². The van der Waals surface area contributed by atoms with Gasteiger partial charge < -0.3 is 4.90 Å². The van der Waals surface area contributed by atoms with Crippen molar-refractivity contribution in [1.29, 1.82) is 0 Å². The summed E-state index contributed by atoms with van der Waals surface area (Å²) in [6, 6.07) is 60.7. The van der Waals surface area contributed by atoms with Crippen LogP contribution in [0.25, 0.3) is 64.0 Å². The summed E-state index contributed by atoms with van der Waals surface area (Å²) in [7, 11) is 0. The van der Waals surface area contributed by atoms with Crippen LogP contribution >= 0.6 is 11.3 Å². The van der Waals surface area contributed by atoms with Crippen molar-refractivity contribution in [3.8, 4) is 22.3 Å². The van der Waals surface area contributed by atoms with E-state index < -0.39 is 0 Å². The zero-order chi connectivity index (χ0) is 32.7. The molecule has 0 atom stereocenters. The summed E-state index contributed by atoms with van der Waals surface area (Å²) >= 11 is 1.88. The molecule has 0 radical (unpaired) electrons. The van der Waals surface area contributed by atoms with E-state index >= 15 is 0 Å². The number of hydrogen-bond acceptors (Lipinski definition) is 2. The van der Waals surface area contributed by atoms with Gasteiger partial charge in [-0.1, -0.05) is 129 Å². The van der Waals surface area contributed by atoms with Crippen molar-refractivity contribution in [2.75, 3.05) is 4.90 Å². The number of thiophene rings is 1. The fourth-order valence-corrected chi connectivity index (χ4v) is 9.37. The first kappa shape index (κ1) is 28.3. The van der Waals surface area contributed by atoms with E-state index in [0.717, 1.165) is 11.4 Å². The molecule has 0 saturated heterocycles. The van der Waals surface area contributed by atoms with Gasteiger partial charge in [0.05, 0.1) is 5.69 Å². The number of rotatable bonds is 4. The van der Waals surface area contributed by atoms with Gasteiger partial charge in [0.1, 0.15) is 0 Å². The van der Waals surface area contributed by atoms with E-state index in [1.807, 2.05) is 11.3 Å². The molecule has 0 unspecified atom stereocenters. The van der Waals surface area contributed by atoms with E-state index in [0.29, 0.717) is 0 Å². The zero-order valence-electron chi connectivity index (χ0n) is 27.4. The standard InChI is InChI=1S/C47H33NS/c1-47(2)41-20-7-5-18-39(41)46-42(47)21-11-22-43(46)48(34-15-9-14-32(26-34)37-19-10-13-30-12-3-4-16-36(30)37)35-25-24-31-28-40-38-17-6-8-23-44(38)49-45(40)29-33(31)27-35/h3-29H,1-2H3. The Balaban J connectivity index is 1.22. The summed E-state index contributed by atoms with van der Waals surface area (Å²) in [5, 5.41) is 7.70. The Morgan fingerprint density at radius 1 is 0.449 bits per heavy atom. The molecule has 1 aliphatic rings. The molecule has 0 spiro atoms. The molecule has 1 aromatic heterocycles. The fourth-order valence-electron chi connectivity index (χ4n) is 8.23. The summed E-state index contributed by atoms with van der Waals surface area (Å²) in [6.07, 6.45) is 0. The smallest absolute Gasteiger partial charge is 0.0543 e. The zero-order valence-corrected chi connectivity index (χ0v) is 28.3. The van der Waals surface area contributed by atoms with Crippen molar-refractivity contribution in [1.82, 2.24) is 0 Å². The van der Waals surface area contributed by atoms with Crippen LogP contribution in [-0.2, 0) is 5.41 Å². The highest BCUT2D eigenvalue weighted by atomic mass is 32.1. The number of anilines is 3. The molecule has 0 amide bonds. The molecule has 8 aromatic carbocycles. The Morgan fingerprint density at radius 2 is 1.16 bits per heavy atom. The fraction of sp³-hybridized carbons (Fsp3) is 0.0638. The lowest BCUT2D eigenvalue weighted by Crippen LogP contribution is -2.16. The largest absolute Gasteiger partial charge is 0.310 e. The molecule has 2 heteroatoms. The van der Waals surface area contributed by atoms with Crippen molar-refractivity contribution in [3.63, 3.8) is 0 Å². The lowest BCUT2D eigenvalue weighted by atomic mass is 9.82. The van der Waals surface area contributed by atoms with Crippen molar-refractivity contribution in [2.24, 2.45) is 0 Å². The second kappa shape index (κ2) is 10.7. The van der Waals surface area contributed by atoms with Gasteiger partial charge in [0.2, 0.25) is 0 Å². The van der Waals surface area contributed by atoms with Gasteiger partial charge in [0.25, 0.3) is 0 Å². The predicted octanol–water partition coefficient (Wildman–Crippen LogP) is 13.8. The number of nitrogens with zero attached hydrogens (tertiary/aromatic N) is 1. The van der Waals surface area contributed by atoms with Crippen LogP contribution in [0.4, 0.5) is 17.1 Å². The van der Waals surface area contributed by atoms with Crippen molar-refractivity contribution >= 4 is 70.1 Å². The minimum absolute atomic E-state index is 0.0887. The monoisotopic (exact) mass is 643 g/mol. The molecule has 1 nitrogen and oxygen atoms in total. The van der Waals surface area contributed by atoms with Crippen LogP contribution in [0, 0.1) is 0 Å². The van der Waals surface area contributed by atoms with Crippen molar-refractivity contribution < 1.29 is 0 Å². The third kappa shape index (κ3) is 4.31. The van der Waals surface area contributed by atoms with E-state index in [9.17, 15) is 0 Å². The first-order valence-corrected chi connectivity index (χ1v) is 17.8. The molecule has 0 saturated carbocycles. The van der Waals surface area contributed by atoms with E-state index in [-0.39, 0.29) is 5.41 Å². The van der Waals surface area contributed by atoms with Crippen LogP contribution in [0.3, 0.4) is 0 Å². The van der Waals surface area contributed by atoms with Gasteiger partial charge in [0.15, 0.2) is 0 Å². The quantitative estimate of drug-likeness (QED) is 0.184. The number of benzene rings is 8. The number of fused-ring (bicyclic) bond motifs is 8. The molecule has 0 fully saturated rings. The summed E-state index contributed by atoms with van der Waals surface area (Å²) in [5.74, 6) is 0. The number of hydrogen-bond donors (Lipinski definition) is 0. The molecule has 232 valence electrons. The third-order valence-corrected chi connectivity index (χ3v) is 11.7. The van der Waals surface area contributed by atoms with E-state index in [1.165, 1.54) is 80.8 Å². The molecule has 49 heavy (non-hydrogen) atoms. The average molecular weight is 644 g/mol. The summed E-state index contributed by atoms with van der Waals surface area (Å²) in [6.45, 7) is 4.72. The minimum atomic E-state index is -0.0887. The topological polar surface area (TPSA) is 3.24 Å². The first-order valence-electron chi connectivity index (χ1n) is 17.0. The average Bonchev–Trinajstić information content (AvgIpc) is 3.62. The van der Waals surface area contributed by atoms with Crippen LogP contribution in [0.5, 0.6) is 0 Å². The SMILES string of the molecule is CC1(C)c2ccccc2-c2c(N(c3cccc(-c4cccc5ccccc45)c3)c3ccc4cc5c(cc4c3)sc3ccccc35)cccc21. The Labute approximate surface area is 290 Å². The van der Waals surface area contributed by atoms with Crippen LogP contribution in [-0.4, -0.2) is 0 Å². The van der Waals surface area contributed by atoms with Crippen LogP contribution in [0.15, 0.2) is 164 Å². The molecule has 9 aromatic rings. The van der Waals surface area contributed by atoms with Crippen LogP contribution in [0.2, 0.25) is 0 Å². The Hall–Kier alpha value is -5.70. The Bertz CT molecular complexity index is 2760. The van der Waals surface area contributed by atoms with Crippen LogP contribution < -0.4 is 4.90 Å². The molecule has 0 aliphatic heterocycles. The molecule has 1 aliphatic carbocycles. The van der Waals surface area contributed by atoms with Gasteiger partial charge in [-0.25, -0.2) is 0 Å². The maximum absolute atomic E-state index is 2.49. The highest BCUT2D eigenvalue weighted by molar-refractivity contribution is 7.25. The van der Waals surface area contributed by atoms with E-state index in [2.05, 4.69) is 183 Å². The lowest BCUT2D eigenvalue weighted by Gasteiger charge is -2.29. The maximum Gasteiger partial charge on any atom is 0.0543 e. The molecule has 10 rings (SSSR count). The van der Waals surface area contributed by atoms with Gasteiger partial charge in [-0.05, 0) is 97.9 Å². The molecule has 0 N–H and O–H groups in total. The molecule has 1 heterocycles. The molecular weight excluding hydrogens is 611 g/mol. The molecule has 0 bridgehead atoms. The predicted molar refractivity (Wildman–Crippen MR) is 212 cm³/mol. The highest BCUT2D eigenvalue weighted by Crippen LogP contribution is 2.54. The second-order valence-corrected chi connectivity index (χ2v) is 14.8. The minimum Gasteiger partial charge on any atom is -0.310 e. The van der Waals surface area contributed by atoms with Gasteiger partial charge in [-0.3, -0.25) is 0 Å².